The van der Waals surface area contributed by atoms with Crippen LogP contribution >= 0.6 is 0 Å². The van der Waals surface area contributed by atoms with E-state index >= 15 is 0 Å². The lowest BCUT2D eigenvalue weighted by Crippen LogP contribution is -2.40. The molecule has 1 heterocycles. The number of rotatable bonds is 5. The summed E-state index contributed by atoms with van der Waals surface area (Å²) in [5.41, 5.74) is 1.39. The lowest BCUT2D eigenvalue weighted by atomic mass is 10.1. The van der Waals surface area contributed by atoms with E-state index in [2.05, 4.69) is 13.8 Å². The van der Waals surface area contributed by atoms with Crippen molar-refractivity contribution in [1.82, 2.24) is 0 Å². The van der Waals surface area contributed by atoms with Gasteiger partial charge in [0.25, 0.3) is 5.91 Å². The SMILES string of the molecule is COc1cc(CO)cc2c1OCC(=O)N2CCC(C)C. The molecule has 0 unspecified atom stereocenters. The minimum Gasteiger partial charge on any atom is -0.493 e. The van der Waals surface area contributed by atoms with Crippen molar-refractivity contribution in [1.29, 1.82) is 0 Å². The Bertz CT molecular complexity index is 499. The predicted molar refractivity (Wildman–Crippen MR) is 76.2 cm³/mol. The first kappa shape index (κ1) is 14.7. The van der Waals surface area contributed by atoms with Crippen molar-refractivity contribution in [2.24, 2.45) is 5.92 Å². The highest BCUT2D eigenvalue weighted by molar-refractivity contribution is 5.98. The molecule has 1 aliphatic rings. The molecule has 1 amide bonds. The molecule has 0 fully saturated rings. The Morgan fingerprint density at radius 3 is 2.80 bits per heavy atom. The summed E-state index contributed by atoms with van der Waals surface area (Å²) in [6, 6.07) is 3.52. The van der Waals surface area contributed by atoms with Crippen molar-refractivity contribution in [2.45, 2.75) is 26.9 Å². The number of benzene rings is 1. The Morgan fingerprint density at radius 1 is 1.45 bits per heavy atom. The van der Waals surface area contributed by atoms with Gasteiger partial charge in [0.2, 0.25) is 0 Å². The van der Waals surface area contributed by atoms with Crippen LogP contribution in [0.15, 0.2) is 12.1 Å². The van der Waals surface area contributed by atoms with E-state index in [1.54, 1.807) is 24.1 Å². The number of ether oxygens (including phenoxy) is 2. The van der Waals surface area contributed by atoms with E-state index in [0.29, 0.717) is 35.2 Å². The van der Waals surface area contributed by atoms with E-state index in [4.69, 9.17) is 9.47 Å². The maximum Gasteiger partial charge on any atom is 0.265 e. The zero-order valence-electron chi connectivity index (χ0n) is 12.2. The quantitative estimate of drug-likeness (QED) is 0.895. The highest BCUT2D eigenvalue weighted by Crippen LogP contribution is 2.41. The first-order chi connectivity index (χ1) is 9.56. The molecule has 1 aliphatic heterocycles. The van der Waals surface area contributed by atoms with Gasteiger partial charge in [-0.2, -0.15) is 0 Å². The summed E-state index contributed by atoms with van der Waals surface area (Å²) >= 11 is 0. The van der Waals surface area contributed by atoms with Gasteiger partial charge < -0.3 is 19.5 Å². The van der Waals surface area contributed by atoms with Gasteiger partial charge in [-0.3, -0.25) is 4.79 Å². The van der Waals surface area contributed by atoms with Gasteiger partial charge in [-0.05, 0) is 30.0 Å². The molecule has 1 aromatic carbocycles. The molecule has 5 heteroatoms. The third-order valence-electron chi connectivity index (χ3n) is 3.36. The smallest absolute Gasteiger partial charge is 0.265 e. The molecule has 0 saturated heterocycles. The standard InChI is InChI=1S/C15H21NO4/c1-10(2)4-5-16-12-6-11(8-17)7-13(19-3)15(12)20-9-14(16)18/h6-7,10,17H,4-5,8-9H2,1-3H3. The zero-order chi connectivity index (χ0) is 14.7. The summed E-state index contributed by atoms with van der Waals surface area (Å²) in [6.07, 6.45) is 0.914. The average Bonchev–Trinajstić information content (AvgIpc) is 2.44. The molecule has 0 aliphatic carbocycles. The van der Waals surface area contributed by atoms with Crippen LogP contribution in [0.1, 0.15) is 25.8 Å². The molecular formula is C15H21NO4. The van der Waals surface area contributed by atoms with E-state index in [-0.39, 0.29) is 19.1 Å². The first-order valence-electron chi connectivity index (χ1n) is 6.81. The lowest BCUT2D eigenvalue weighted by molar-refractivity contribution is -0.121. The van der Waals surface area contributed by atoms with Crippen LogP contribution in [0, 0.1) is 5.92 Å². The third-order valence-corrected chi connectivity index (χ3v) is 3.36. The predicted octanol–water partition coefficient (Wildman–Crippen LogP) is 1.96. The van der Waals surface area contributed by atoms with Crippen LogP contribution in [-0.2, 0) is 11.4 Å². The second-order valence-electron chi connectivity index (χ2n) is 5.32. The molecule has 110 valence electrons. The normalized spacial score (nSPS) is 14.2. The second kappa shape index (κ2) is 6.13. The molecule has 0 radical (unpaired) electrons. The lowest BCUT2D eigenvalue weighted by Gasteiger charge is -2.31. The number of hydrogen-bond donors (Lipinski definition) is 1. The van der Waals surface area contributed by atoms with Crippen LogP contribution < -0.4 is 14.4 Å². The monoisotopic (exact) mass is 279 g/mol. The highest BCUT2D eigenvalue weighted by atomic mass is 16.5. The van der Waals surface area contributed by atoms with Crippen molar-refractivity contribution in [3.8, 4) is 11.5 Å². The molecule has 2 rings (SSSR count). The fourth-order valence-corrected chi connectivity index (χ4v) is 2.21. The number of hydrogen-bond acceptors (Lipinski definition) is 4. The fraction of sp³-hybridized carbons (Fsp3) is 0.533. The number of nitrogens with zero attached hydrogens (tertiary/aromatic N) is 1. The molecule has 0 atom stereocenters. The number of fused-ring (bicyclic) bond motifs is 1. The number of amides is 1. The van der Waals surface area contributed by atoms with Gasteiger partial charge in [0, 0.05) is 6.54 Å². The van der Waals surface area contributed by atoms with E-state index in [1.165, 1.54) is 0 Å². The molecule has 0 spiro atoms. The Balaban J connectivity index is 2.40. The number of carbonyl (C=O) groups excluding carboxylic acids is 1. The fourth-order valence-electron chi connectivity index (χ4n) is 2.21. The number of carbonyl (C=O) groups is 1. The van der Waals surface area contributed by atoms with Crippen LogP contribution in [0.4, 0.5) is 5.69 Å². The van der Waals surface area contributed by atoms with Gasteiger partial charge in [-0.15, -0.1) is 0 Å². The molecule has 1 N–H and O–H groups in total. The molecule has 1 aromatic rings. The van der Waals surface area contributed by atoms with Crippen molar-refractivity contribution in [3.05, 3.63) is 17.7 Å². The van der Waals surface area contributed by atoms with Crippen LogP contribution in [0.25, 0.3) is 0 Å². The van der Waals surface area contributed by atoms with Gasteiger partial charge >= 0.3 is 0 Å². The van der Waals surface area contributed by atoms with Gasteiger partial charge in [0.15, 0.2) is 18.1 Å². The summed E-state index contributed by atoms with van der Waals surface area (Å²) in [5.74, 6) is 1.58. The Kier molecular flexibility index (Phi) is 4.49. The molecular weight excluding hydrogens is 258 g/mol. The minimum atomic E-state index is -0.101. The minimum absolute atomic E-state index is 0.0277. The molecule has 20 heavy (non-hydrogen) atoms. The van der Waals surface area contributed by atoms with Gasteiger partial charge in [0.05, 0.1) is 19.4 Å². The Hall–Kier alpha value is -1.75. The third kappa shape index (κ3) is 2.88. The second-order valence-corrected chi connectivity index (χ2v) is 5.32. The summed E-state index contributed by atoms with van der Waals surface area (Å²) in [7, 11) is 1.55. The summed E-state index contributed by atoms with van der Waals surface area (Å²) in [6.45, 7) is 4.81. The topological polar surface area (TPSA) is 59.0 Å². The van der Waals surface area contributed by atoms with E-state index in [9.17, 15) is 9.90 Å². The van der Waals surface area contributed by atoms with Crippen LogP contribution in [0.5, 0.6) is 11.5 Å². The maximum atomic E-state index is 12.1. The highest BCUT2D eigenvalue weighted by Gasteiger charge is 2.28. The summed E-state index contributed by atoms with van der Waals surface area (Å²) in [5, 5.41) is 9.33. The van der Waals surface area contributed by atoms with E-state index in [0.717, 1.165) is 6.42 Å². The molecule has 0 aromatic heterocycles. The number of aliphatic hydroxyl groups is 1. The van der Waals surface area contributed by atoms with Crippen LogP contribution in [0.3, 0.4) is 0 Å². The van der Waals surface area contributed by atoms with Crippen LogP contribution in [-0.4, -0.2) is 31.3 Å². The maximum absolute atomic E-state index is 12.1. The van der Waals surface area contributed by atoms with Crippen molar-refractivity contribution >= 4 is 11.6 Å². The van der Waals surface area contributed by atoms with Crippen LogP contribution in [0.2, 0.25) is 0 Å². The van der Waals surface area contributed by atoms with Gasteiger partial charge in [-0.1, -0.05) is 13.8 Å². The van der Waals surface area contributed by atoms with E-state index in [1.807, 2.05) is 0 Å². The zero-order valence-corrected chi connectivity index (χ0v) is 12.2. The number of anilines is 1. The molecule has 5 nitrogen and oxygen atoms in total. The Labute approximate surface area is 119 Å². The van der Waals surface area contributed by atoms with E-state index < -0.39 is 0 Å². The van der Waals surface area contributed by atoms with Crippen molar-refractivity contribution in [3.63, 3.8) is 0 Å². The first-order valence-corrected chi connectivity index (χ1v) is 6.81. The molecule has 0 saturated carbocycles. The largest absolute Gasteiger partial charge is 0.493 e. The van der Waals surface area contributed by atoms with Gasteiger partial charge in [-0.25, -0.2) is 0 Å². The van der Waals surface area contributed by atoms with Crippen molar-refractivity contribution < 1.29 is 19.4 Å². The molecule has 0 bridgehead atoms. The summed E-state index contributed by atoms with van der Waals surface area (Å²) < 4.78 is 10.8. The van der Waals surface area contributed by atoms with Crippen molar-refractivity contribution in [2.75, 3.05) is 25.2 Å². The Morgan fingerprint density at radius 2 is 2.20 bits per heavy atom. The average molecular weight is 279 g/mol. The number of aliphatic hydroxyl groups excluding tert-OH is 1. The summed E-state index contributed by atoms with van der Waals surface area (Å²) in [4.78, 5) is 13.8. The number of methoxy groups -OCH3 is 1. The van der Waals surface area contributed by atoms with Gasteiger partial charge in [0.1, 0.15) is 0 Å².